The van der Waals surface area contributed by atoms with Crippen molar-refractivity contribution in [1.29, 1.82) is 0 Å². The molecule has 1 aliphatic carbocycles. The molecule has 1 amide bonds. The Balaban J connectivity index is 1.97. The highest BCUT2D eigenvalue weighted by molar-refractivity contribution is 5.92. The summed E-state index contributed by atoms with van der Waals surface area (Å²) in [6.07, 6.45) is 3.22. The predicted octanol–water partition coefficient (Wildman–Crippen LogP) is 3.54. The SMILES string of the molecule is COc1cc(C(=O)O[C@H](C)C(=O)N[C@@H]2CCCC[C@@H]2C)ccc1OC(F)F. The van der Waals surface area contributed by atoms with E-state index in [9.17, 15) is 18.4 Å². The average molecular weight is 385 g/mol. The van der Waals surface area contributed by atoms with Crippen LogP contribution in [0, 0.1) is 5.92 Å². The number of nitrogens with one attached hydrogen (secondary N) is 1. The first-order valence-electron chi connectivity index (χ1n) is 8.96. The fraction of sp³-hybridized carbons (Fsp3) is 0.579. The molecular formula is C19H25F2NO5. The number of amides is 1. The van der Waals surface area contributed by atoms with Crippen LogP contribution in [0.5, 0.6) is 11.5 Å². The van der Waals surface area contributed by atoms with E-state index in [4.69, 9.17) is 9.47 Å². The Bertz CT molecular complexity index is 668. The molecule has 1 aliphatic rings. The Kier molecular flexibility index (Phi) is 7.38. The second-order valence-corrected chi connectivity index (χ2v) is 6.67. The van der Waals surface area contributed by atoms with Crippen LogP contribution in [-0.2, 0) is 9.53 Å². The molecule has 3 atom stereocenters. The summed E-state index contributed by atoms with van der Waals surface area (Å²) < 4.78 is 39.2. The van der Waals surface area contributed by atoms with Gasteiger partial charge in [-0.05, 0) is 43.9 Å². The van der Waals surface area contributed by atoms with E-state index in [1.54, 1.807) is 0 Å². The molecule has 1 saturated carbocycles. The number of carbonyl (C=O) groups is 2. The van der Waals surface area contributed by atoms with Crippen LogP contribution in [0.25, 0.3) is 0 Å². The van der Waals surface area contributed by atoms with Crippen LogP contribution in [0.3, 0.4) is 0 Å². The van der Waals surface area contributed by atoms with Crippen LogP contribution < -0.4 is 14.8 Å². The molecule has 0 bridgehead atoms. The lowest BCUT2D eigenvalue weighted by molar-refractivity contribution is -0.130. The van der Waals surface area contributed by atoms with Crippen molar-refractivity contribution in [1.82, 2.24) is 5.32 Å². The van der Waals surface area contributed by atoms with E-state index in [2.05, 4.69) is 17.0 Å². The van der Waals surface area contributed by atoms with Gasteiger partial charge in [-0.25, -0.2) is 4.79 Å². The van der Waals surface area contributed by atoms with Gasteiger partial charge in [-0.1, -0.05) is 19.8 Å². The molecule has 1 aromatic rings. The van der Waals surface area contributed by atoms with Crippen LogP contribution in [0.15, 0.2) is 18.2 Å². The van der Waals surface area contributed by atoms with Gasteiger partial charge >= 0.3 is 12.6 Å². The number of alkyl halides is 2. The van der Waals surface area contributed by atoms with E-state index in [1.165, 1.54) is 32.2 Å². The normalized spacial score (nSPS) is 20.7. The molecule has 0 aliphatic heterocycles. The molecule has 6 nitrogen and oxygen atoms in total. The zero-order chi connectivity index (χ0) is 20.0. The van der Waals surface area contributed by atoms with Gasteiger partial charge in [0.1, 0.15) is 0 Å². The van der Waals surface area contributed by atoms with Gasteiger partial charge in [0.05, 0.1) is 12.7 Å². The molecule has 8 heteroatoms. The van der Waals surface area contributed by atoms with Gasteiger partial charge in [-0.2, -0.15) is 8.78 Å². The standard InChI is InChI=1S/C19H25F2NO5/c1-11-6-4-5-7-14(11)22-17(23)12(2)26-18(24)13-8-9-15(27-19(20)21)16(10-13)25-3/h8-12,14,19H,4-7H2,1-3H3,(H,22,23)/t11-,12+,14+/m0/s1. The quantitative estimate of drug-likeness (QED) is 0.727. The van der Waals surface area contributed by atoms with Crippen LogP contribution in [-0.4, -0.2) is 37.7 Å². The Hall–Kier alpha value is -2.38. The number of halogens is 2. The van der Waals surface area contributed by atoms with Crippen molar-refractivity contribution in [2.45, 2.75) is 58.3 Å². The Morgan fingerprint density at radius 2 is 1.89 bits per heavy atom. The number of ether oxygens (including phenoxy) is 3. The van der Waals surface area contributed by atoms with Crippen molar-refractivity contribution in [2.75, 3.05) is 7.11 Å². The van der Waals surface area contributed by atoms with Gasteiger partial charge in [0.2, 0.25) is 0 Å². The van der Waals surface area contributed by atoms with E-state index in [0.717, 1.165) is 25.7 Å². The molecule has 2 rings (SSSR count). The predicted molar refractivity (Wildman–Crippen MR) is 94.1 cm³/mol. The number of carbonyl (C=O) groups excluding carboxylic acids is 2. The molecule has 1 N–H and O–H groups in total. The highest BCUT2D eigenvalue weighted by Crippen LogP contribution is 2.30. The van der Waals surface area contributed by atoms with Crippen LogP contribution in [0.4, 0.5) is 8.78 Å². The number of rotatable bonds is 7. The Morgan fingerprint density at radius 3 is 2.52 bits per heavy atom. The lowest BCUT2D eigenvalue weighted by atomic mass is 9.86. The van der Waals surface area contributed by atoms with E-state index in [1.807, 2.05) is 0 Å². The summed E-state index contributed by atoms with van der Waals surface area (Å²) in [6, 6.07) is 3.78. The smallest absolute Gasteiger partial charge is 0.387 e. The Morgan fingerprint density at radius 1 is 1.19 bits per heavy atom. The maximum Gasteiger partial charge on any atom is 0.387 e. The summed E-state index contributed by atoms with van der Waals surface area (Å²) in [4.78, 5) is 24.6. The minimum Gasteiger partial charge on any atom is -0.493 e. The lowest BCUT2D eigenvalue weighted by Gasteiger charge is -2.30. The minimum atomic E-state index is -3.01. The number of hydrogen-bond acceptors (Lipinski definition) is 5. The summed E-state index contributed by atoms with van der Waals surface area (Å²) in [7, 11) is 1.27. The molecule has 0 heterocycles. The van der Waals surface area contributed by atoms with Gasteiger partial charge in [0.15, 0.2) is 17.6 Å². The molecule has 27 heavy (non-hydrogen) atoms. The van der Waals surface area contributed by atoms with Crippen molar-refractivity contribution in [3.05, 3.63) is 23.8 Å². The van der Waals surface area contributed by atoms with Gasteiger partial charge in [0.25, 0.3) is 5.91 Å². The van der Waals surface area contributed by atoms with E-state index in [0.29, 0.717) is 5.92 Å². The number of esters is 1. The van der Waals surface area contributed by atoms with Crippen molar-refractivity contribution in [3.8, 4) is 11.5 Å². The highest BCUT2D eigenvalue weighted by Gasteiger charge is 2.27. The van der Waals surface area contributed by atoms with Crippen LogP contribution in [0.1, 0.15) is 49.9 Å². The first-order valence-corrected chi connectivity index (χ1v) is 8.96. The summed E-state index contributed by atoms with van der Waals surface area (Å²) in [5, 5.41) is 2.93. The maximum absolute atomic E-state index is 12.4. The fourth-order valence-electron chi connectivity index (χ4n) is 3.10. The van der Waals surface area contributed by atoms with Gasteiger partial charge in [-0.15, -0.1) is 0 Å². The van der Waals surface area contributed by atoms with Crippen LogP contribution in [0.2, 0.25) is 0 Å². The summed E-state index contributed by atoms with van der Waals surface area (Å²) >= 11 is 0. The summed E-state index contributed by atoms with van der Waals surface area (Å²) in [5.41, 5.74) is 0.0687. The number of hydrogen-bond donors (Lipinski definition) is 1. The molecule has 0 saturated heterocycles. The van der Waals surface area contributed by atoms with Crippen molar-refractivity contribution < 1.29 is 32.6 Å². The molecule has 0 unspecified atom stereocenters. The Labute approximate surface area is 157 Å². The largest absolute Gasteiger partial charge is 0.493 e. The first-order chi connectivity index (χ1) is 12.8. The van der Waals surface area contributed by atoms with Gasteiger partial charge in [-0.3, -0.25) is 4.79 Å². The second kappa shape index (κ2) is 9.53. The molecule has 1 fully saturated rings. The van der Waals surface area contributed by atoms with Crippen molar-refractivity contribution >= 4 is 11.9 Å². The van der Waals surface area contributed by atoms with E-state index in [-0.39, 0.29) is 29.0 Å². The third kappa shape index (κ3) is 5.80. The van der Waals surface area contributed by atoms with Gasteiger partial charge < -0.3 is 19.5 Å². The van der Waals surface area contributed by atoms with Crippen molar-refractivity contribution in [3.63, 3.8) is 0 Å². The van der Waals surface area contributed by atoms with Crippen molar-refractivity contribution in [2.24, 2.45) is 5.92 Å². The number of methoxy groups -OCH3 is 1. The average Bonchev–Trinajstić information content (AvgIpc) is 2.63. The third-order valence-electron chi connectivity index (χ3n) is 4.71. The molecule has 0 spiro atoms. The van der Waals surface area contributed by atoms with Gasteiger partial charge in [0, 0.05) is 6.04 Å². The molecule has 1 aromatic carbocycles. The fourth-order valence-corrected chi connectivity index (χ4v) is 3.10. The maximum atomic E-state index is 12.4. The monoisotopic (exact) mass is 385 g/mol. The number of benzene rings is 1. The molecule has 0 aromatic heterocycles. The lowest BCUT2D eigenvalue weighted by Crippen LogP contribution is -2.45. The molecule has 0 radical (unpaired) electrons. The summed E-state index contributed by atoms with van der Waals surface area (Å²) in [5.74, 6) is -0.945. The van der Waals surface area contributed by atoms with Crippen LogP contribution >= 0.6 is 0 Å². The highest BCUT2D eigenvalue weighted by atomic mass is 19.3. The zero-order valence-corrected chi connectivity index (χ0v) is 15.7. The van der Waals surface area contributed by atoms with E-state index >= 15 is 0 Å². The molecular weight excluding hydrogens is 360 g/mol. The second-order valence-electron chi connectivity index (χ2n) is 6.67. The third-order valence-corrected chi connectivity index (χ3v) is 4.71. The summed E-state index contributed by atoms with van der Waals surface area (Å²) in [6.45, 7) is 0.574. The zero-order valence-electron chi connectivity index (χ0n) is 15.7. The molecule has 150 valence electrons. The topological polar surface area (TPSA) is 73.9 Å². The first kappa shape index (κ1) is 20.9. The minimum absolute atomic E-state index is 0.0297. The van der Waals surface area contributed by atoms with E-state index < -0.39 is 18.7 Å².